The molecule has 0 spiro atoms. The van der Waals surface area contributed by atoms with Gasteiger partial charge in [-0.25, -0.2) is 9.59 Å². The lowest BCUT2D eigenvalue weighted by Gasteiger charge is -2.42. The van der Waals surface area contributed by atoms with Crippen LogP contribution in [0.1, 0.15) is 72.8 Å². The van der Waals surface area contributed by atoms with Crippen LogP contribution in [-0.4, -0.2) is 109 Å². The molecule has 2 N–H and O–H groups in total. The number of ether oxygens (including phenoxy) is 5. The van der Waals surface area contributed by atoms with Gasteiger partial charge in [0.05, 0.1) is 25.3 Å². The lowest BCUT2D eigenvalue weighted by molar-refractivity contribution is -0.162. The Kier molecular flexibility index (Phi) is 13.3. The Bertz CT molecular complexity index is 1630. The number of halogens is 1. The molecule has 2 fully saturated rings. The van der Waals surface area contributed by atoms with Gasteiger partial charge >= 0.3 is 12.1 Å². The summed E-state index contributed by atoms with van der Waals surface area (Å²) in [6, 6.07) is 2.60. The maximum atomic E-state index is 14.1. The van der Waals surface area contributed by atoms with Crippen LogP contribution in [0, 0.1) is 5.92 Å². The molecule has 3 aliphatic rings. The van der Waals surface area contributed by atoms with Crippen LogP contribution in [0.3, 0.4) is 0 Å². The third-order valence-electron chi connectivity index (χ3n) is 10.5. The summed E-state index contributed by atoms with van der Waals surface area (Å²) in [6.07, 6.45) is 1.61. The number of amides is 3. The molecule has 3 heterocycles. The number of benzene rings is 1. The first-order valence-corrected chi connectivity index (χ1v) is 18.5. The summed E-state index contributed by atoms with van der Waals surface area (Å²) >= 11 is 11.3. The number of esters is 1. The van der Waals surface area contributed by atoms with Crippen molar-refractivity contribution < 1.29 is 48.0 Å². The van der Waals surface area contributed by atoms with Crippen LogP contribution in [0.15, 0.2) is 35.9 Å². The van der Waals surface area contributed by atoms with E-state index in [0.29, 0.717) is 24.3 Å². The Hall–Kier alpha value is -3.30. The zero-order valence-electron chi connectivity index (χ0n) is 32.2. The molecule has 13 nitrogen and oxygen atoms in total. The fourth-order valence-electron chi connectivity index (χ4n) is 6.81. The smallest absolute Gasteiger partial charge is 0.409 e. The lowest BCUT2D eigenvalue weighted by atomic mass is 9.83. The number of hydrogen-bond donors (Lipinski definition) is 3. The van der Waals surface area contributed by atoms with Crippen LogP contribution < -0.4 is 15.0 Å². The molecule has 4 rings (SSSR count). The van der Waals surface area contributed by atoms with Crippen molar-refractivity contribution in [3.63, 3.8) is 0 Å². The summed E-state index contributed by atoms with van der Waals surface area (Å²) < 4.78 is 28.8. The molecule has 0 aliphatic carbocycles. The van der Waals surface area contributed by atoms with Crippen LogP contribution in [0.4, 0.5) is 10.5 Å². The topological polar surface area (TPSA) is 156 Å². The molecule has 3 aliphatic heterocycles. The average molecular weight is 780 g/mol. The summed E-state index contributed by atoms with van der Waals surface area (Å²) in [7, 11) is 6.02. The Labute approximate surface area is 322 Å². The maximum absolute atomic E-state index is 14.1. The third kappa shape index (κ3) is 9.88. The molecule has 3 amide bonds. The number of likely N-dealkylation sites (N-methyl/N-ethyl adjacent to an activating group) is 1. The van der Waals surface area contributed by atoms with E-state index in [1.54, 1.807) is 52.1 Å². The van der Waals surface area contributed by atoms with Gasteiger partial charge in [0.1, 0.15) is 40.7 Å². The van der Waals surface area contributed by atoms with Gasteiger partial charge in [-0.3, -0.25) is 14.9 Å². The molecule has 2 saturated heterocycles. The van der Waals surface area contributed by atoms with Gasteiger partial charge < -0.3 is 38.6 Å². The van der Waals surface area contributed by atoms with Crippen molar-refractivity contribution in [3.05, 3.63) is 46.5 Å². The number of aliphatic hydroxyl groups is 1. The SMILES string of the molecule is COc1cc2cc(c1Cl)N(C)C(=O)C[C@H](OC(=O)[C@H](C)N(C)C(=O)CCC(C)(C)S)[C@]1(C)O[C@@H]1[C@@H](C)[C@@H]1C[C@@](O)(NC(=O)O1)[C@H](OC)/C=C/C=C(\C)C2. The Morgan fingerprint density at radius 2 is 1.94 bits per heavy atom. The normalized spacial score (nSPS) is 31.5. The van der Waals surface area contributed by atoms with Crippen molar-refractivity contribution in [1.82, 2.24) is 10.2 Å². The Morgan fingerprint density at radius 3 is 2.57 bits per heavy atom. The van der Waals surface area contributed by atoms with E-state index in [1.165, 1.54) is 31.1 Å². The van der Waals surface area contributed by atoms with Crippen molar-refractivity contribution >= 4 is 53.8 Å². The molecule has 1 aromatic rings. The van der Waals surface area contributed by atoms with E-state index in [9.17, 15) is 24.3 Å². The fourth-order valence-corrected chi connectivity index (χ4v) is 7.23. The summed E-state index contributed by atoms with van der Waals surface area (Å²) in [5.41, 5.74) is -0.916. The van der Waals surface area contributed by atoms with Crippen LogP contribution in [0.5, 0.6) is 5.75 Å². The van der Waals surface area contributed by atoms with Gasteiger partial charge in [0, 0.05) is 44.7 Å². The van der Waals surface area contributed by atoms with E-state index in [4.69, 9.17) is 35.3 Å². The second-order valence-electron chi connectivity index (χ2n) is 15.2. The number of carbonyl (C=O) groups is 4. The monoisotopic (exact) mass is 779 g/mol. The number of anilines is 1. The van der Waals surface area contributed by atoms with Crippen molar-refractivity contribution in [2.24, 2.45) is 5.92 Å². The van der Waals surface area contributed by atoms with Gasteiger partial charge in [0.2, 0.25) is 11.8 Å². The van der Waals surface area contributed by atoms with Gasteiger partial charge in [-0.2, -0.15) is 12.6 Å². The highest BCUT2D eigenvalue weighted by atomic mass is 35.5. The molecule has 0 saturated carbocycles. The molecule has 1 aromatic carbocycles. The van der Waals surface area contributed by atoms with Crippen molar-refractivity contribution in [2.75, 3.05) is 33.2 Å². The van der Waals surface area contributed by atoms with Gasteiger partial charge in [-0.1, -0.05) is 56.2 Å². The van der Waals surface area contributed by atoms with Crippen LogP contribution in [0.25, 0.3) is 0 Å². The van der Waals surface area contributed by atoms with E-state index in [2.05, 4.69) is 17.9 Å². The summed E-state index contributed by atoms with van der Waals surface area (Å²) in [4.78, 5) is 56.5. The predicted molar refractivity (Wildman–Crippen MR) is 203 cm³/mol. The predicted octanol–water partition coefficient (Wildman–Crippen LogP) is 5.00. The molecular formula is C38H54ClN3O10S. The number of thiol groups is 1. The van der Waals surface area contributed by atoms with E-state index in [-0.39, 0.29) is 34.9 Å². The summed E-state index contributed by atoms with van der Waals surface area (Å²) in [5.74, 6) is -1.58. The van der Waals surface area contributed by atoms with Crippen LogP contribution in [-0.2, 0) is 39.8 Å². The molecule has 294 valence electrons. The number of alkyl carbamates (subject to hydrolysis) is 1. The third-order valence-corrected chi connectivity index (χ3v) is 11.1. The van der Waals surface area contributed by atoms with E-state index in [1.807, 2.05) is 26.8 Å². The lowest BCUT2D eigenvalue weighted by Crippen LogP contribution is -2.63. The van der Waals surface area contributed by atoms with Crippen molar-refractivity contribution in [3.8, 4) is 5.75 Å². The number of fused-ring (bicyclic) bond motifs is 5. The first-order valence-electron chi connectivity index (χ1n) is 17.7. The minimum Gasteiger partial charge on any atom is -0.495 e. The van der Waals surface area contributed by atoms with Gasteiger partial charge in [-0.15, -0.1) is 0 Å². The van der Waals surface area contributed by atoms with Crippen molar-refractivity contribution in [1.29, 1.82) is 0 Å². The number of carbonyl (C=O) groups excluding carboxylic acids is 4. The maximum Gasteiger partial charge on any atom is 0.409 e. The van der Waals surface area contributed by atoms with Crippen LogP contribution in [0.2, 0.25) is 5.02 Å². The van der Waals surface area contributed by atoms with Crippen molar-refractivity contribution in [2.45, 2.75) is 120 Å². The molecule has 0 unspecified atom stereocenters. The second kappa shape index (κ2) is 16.6. The van der Waals surface area contributed by atoms with E-state index in [0.717, 1.165) is 11.1 Å². The number of methoxy groups -OCH3 is 2. The van der Waals surface area contributed by atoms with E-state index < -0.39 is 65.7 Å². The zero-order valence-corrected chi connectivity index (χ0v) is 33.9. The Balaban J connectivity index is 1.74. The van der Waals surface area contributed by atoms with Gasteiger partial charge in [0.15, 0.2) is 5.72 Å². The molecule has 8 atom stereocenters. The standard InChI is InChI=1S/C38H54ClN3O10S/c1-21-12-11-13-28(49-10)38(47)20-27(50-35(46)40-38)22(2)33-37(6,52-33)29(51-34(45)23(3)41(7)30(43)14-15-36(4,5)53)19-31(44)42(8)25-17-24(16-21)18-26(48-9)32(25)39/h11-13,17-18,22-23,27-29,33,47,53H,14-16,19-20H2,1-10H3,(H,40,46)/b13-11+,21-12+/t22-,23-,27-,28+,29-,33+,37-,38-/m0/s1. The molecule has 53 heavy (non-hydrogen) atoms. The average Bonchev–Trinajstić information content (AvgIpc) is 3.78. The first-order chi connectivity index (χ1) is 24.6. The summed E-state index contributed by atoms with van der Waals surface area (Å²) in [6.45, 7) is 10.8. The zero-order chi connectivity index (χ0) is 39.6. The fraction of sp³-hybridized carbons (Fsp3) is 0.632. The first kappa shape index (κ1) is 42.4. The largest absolute Gasteiger partial charge is 0.495 e. The van der Waals surface area contributed by atoms with Gasteiger partial charge in [-0.05, 0) is 51.3 Å². The molecule has 0 radical (unpaired) electrons. The van der Waals surface area contributed by atoms with Gasteiger partial charge in [0.25, 0.3) is 0 Å². The molecular weight excluding hydrogens is 726 g/mol. The molecule has 4 bridgehead atoms. The number of rotatable bonds is 8. The quantitative estimate of drug-likeness (QED) is 0.187. The minimum atomic E-state index is -1.83. The Morgan fingerprint density at radius 1 is 1.26 bits per heavy atom. The number of allylic oxidation sites excluding steroid dienone is 3. The molecule has 15 heteroatoms. The number of nitrogens with one attached hydrogen (secondary N) is 1. The minimum absolute atomic E-state index is 0.0509. The highest BCUT2D eigenvalue weighted by Gasteiger charge is 2.64. The number of epoxide rings is 1. The number of hydrogen-bond acceptors (Lipinski definition) is 11. The molecule has 0 aromatic heterocycles. The second-order valence-corrected chi connectivity index (χ2v) is 16.8. The highest BCUT2D eigenvalue weighted by Crippen LogP contribution is 2.49. The number of nitrogens with zero attached hydrogens (tertiary/aromatic N) is 2. The highest BCUT2D eigenvalue weighted by molar-refractivity contribution is 7.81. The summed E-state index contributed by atoms with van der Waals surface area (Å²) in [5, 5.41) is 14.5. The van der Waals surface area contributed by atoms with E-state index >= 15 is 0 Å². The van der Waals surface area contributed by atoms with Crippen LogP contribution >= 0.6 is 24.2 Å².